The lowest BCUT2D eigenvalue weighted by atomic mass is 9.95. The molecule has 15 heteroatoms. The Labute approximate surface area is 329 Å². The average molecular weight is 784 g/mol. The first kappa shape index (κ1) is 38.5. The van der Waals surface area contributed by atoms with Gasteiger partial charge in [-0.3, -0.25) is 9.59 Å². The number of carbonyl (C=O) groups is 2. The molecule has 3 saturated heterocycles. The maximum absolute atomic E-state index is 17.3. The largest absolute Gasteiger partial charge is 0.508 e. The molecular weight excluding hydrogens is 737 g/mol. The molecule has 9 rings (SSSR count). The monoisotopic (exact) mass is 783 g/mol. The maximum Gasteiger partial charge on any atom is 0.319 e. The molecule has 5 aliphatic rings. The molecule has 5 fully saturated rings. The molecule has 4 aromatic rings. The van der Waals surface area contributed by atoms with Crippen molar-refractivity contribution in [3.05, 3.63) is 41.5 Å². The summed E-state index contributed by atoms with van der Waals surface area (Å²) in [5, 5.41) is 18.5. The smallest absolute Gasteiger partial charge is 0.319 e. The number of aromatic hydroxyl groups is 1. The number of carbonyl (C=O) groups excluding carboxylic acids is 1. The number of amides is 1. The number of aromatic nitrogens is 3. The molecule has 2 aromatic carbocycles. The molecule has 5 heterocycles. The van der Waals surface area contributed by atoms with Crippen molar-refractivity contribution in [1.29, 1.82) is 0 Å². The number of phenolic OH excluding ortho intramolecular Hbond substituents is 1. The summed E-state index contributed by atoms with van der Waals surface area (Å²) in [4.78, 5) is 44.7. The molecule has 13 nitrogen and oxygen atoms in total. The van der Waals surface area contributed by atoms with Crippen molar-refractivity contribution in [2.24, 2.45) is 17.3 Å². The van der Waals surface area contributed by atoms with Gasteiger partial charge in [0.1, 0.15) is 34.0 Å². The van der Waals surface area contributed by atoms with E-state index in [9.17, 15) is 9.90 Å². The number of rotatable bonds is 11. The Morgan fingerprint density at radius 1 is 1.07 bits per heavy atom. The first-order valence-electron chi connectivity index (χ1n) is 19.5. The number of likely N-dealkylation sites (tertiary alicyclic amines) is 1. The molecule has 0 radical (unpaired) electrons. The highest BCUT2D eigenvalue weighted by Crippen LogP contribution is 2.51. The van der Waals surface area contributed by atoms with E-state index in [2.05, 4.69) is 20.7 Å². The second kappa shape index (κ2) is 15.2. The van der Waals surface area contributed by atoms with E-state index in [-0.39, 0.29) is 80.6 Å². The van der Waals surface area contributed by atoms with E-state index in [0.29, 0.717) is 43.9 Å². The topological polar surface area (TPSA) is 145 Å². The van der Waals surface area contributed by atoms with Crippen LogP contribution in [0.5, 0.6) is 17.6 Å². The third-order valence-electron chi connectivity index (χ3n) is 12.3. The second-order valence-electron chi connectivity index (χ2n) is 16.5. The van der Waals surface area contributed by atoms with Gasteiger partial charge in [0.15, 0.2) is 5.82 Å². The van der Waals surface area contributed by atoms with E-state index in [0.717, 1.165) is 57.2 Å². The number of benzene rings is 2. The summed E-state index contributed by atoms with van der Waals surface area (Å²) < 4.78 is 44.7. The minimum absolute atomic E-state index is 0.00271. The van der Waals surface area contributed by atoms with Gasteiger partial charge in [-0.2, -0.15) is 9.97 Å². The summed E-state index contributed by atoms with van der Waals surface area (Å²) in [6, 6.07) is 5.44. The highest BCUT2D eigenvalue weighted by molar-refractivity contribution is 6.04. The summed E-state index contributed by atoms with van der Waals surface area (Å²) in [7, 11) is 5.36. The van der Waals surface area contributed by atoms with Crippen LogP contribution in [-0.4, -0.2) is 131 Å². The van der Waals surface area contributed by atoms with Gasteiger partial charge < -0.3 is 39.3 Å². The van der Waals surface area contributed by atoms with Gasteiger partial charge in [-0.25, -0.2) is 13.8 Å². The molecule has 4 atom stereocenters. The number of piperidine rings is 1. The fourth-order valence-electron chi connectivity index (χ4n) is 9.25. The summed E-state index contributed by atoms with van der Waals surface area (Å²) in [5.41, 5.74) is -0.258. The Morgan fingerprint density at radius 2 is 1.77 bits per heavy atom. The van der Waals surface area contributed by atoms with Crippen LogP contribution in [-0.2, 0) is 9.59 Å². The van der Waals surface area contributed by atoms with Gasteiger partial charge >= 0.3 is 6.01 Å². The number of pyridine rings is 1. The standard InChI is InChI=1S/C41H45F2N7O4.CH2O2/c1-5-29-31(42)9-6-23-15-28(51)16-30(33(23)29)36-35(43)37-34(39(44-36)53-4)38(49-19-26-7-8-27(20-49)50(26)32(52)10-13-47(2)3)46-40(45-37)54-22-41(11-12-41)21-48-17-24-14-25(24)18-48;2-1-3/h1,6,9,15-16,24-27,51H,7-8,10-14,17-22H2,2-4H3;1H,(H,2,3). The fourth-order valence-corrected chi connectivity index (χ4v) is 9.25. The summed E-state index contributed by atoms with van der Waals surface area (Å²) in [5.74, 6) is 3.05. The van der Waals surface area contributed by atoms with Gasteiger partial charge in [0.25, 0.3) is 6.47 Å². The number of phenols is 1. The number of halogens is 2. The number of fused-ring (bicyclic) bond motifs is 5. The van der Waals surface area contributed by atoms with Gasteiger partial charge in [0, 0.05) is 74.1 Å². The molecule has 300 valence electrons. The van der Waals surface area contributed by atoms with Gasteiger partial charge in [-0.15, -0.1) is 6.42 Å². The minimum atomic E-state index is -0.809. The number of piperazine rings is 1. The Bertz CT molecular complexity index is 2260. The number of methoxy groups -OCH3 is 1. The number of anilines is 1. The molecule has 2 bridgehead atoms. The van der Waals surface area contributed by atoms with E-state index in [4.69, 9.17) is 35.8 Å². The number of nitrogens with zero attached hydrogens (tertiary/aromatic N) is 7. The Hall–Kier alpha value is -5.33. The lowest BCUT2D eigenvalue weighted by molar-refractivity contribution is -0.134. The van der Waals surface area contributed by atoms with Gasteiger partial charge in [0.05, 0.1) is 19.3 Å². The zero-order chi connectivity index (χ0) is 40.2. The molecule has 2 saturated carbocycles. The first-order valence-corrected chi connectivity index (χ1v) is 19.5. The van der Waals surface area contributed by atoms with Crippen molar-refractivity contribution in [2.45, 2.75) is 50.6 Å². The van der Waals surface area contributed by atoms with Crippen molar-refractivity contribution in [3.8, 4) is 41.2 Å². The van der Waals surface area contributed by atoms with Crippen molar-refractivity contribution in [1.82, 2.24) is 29.7 Å². The number of hydrogen-bond acceptors (Lipinski definition) is 11. The van der Waals surface area contributed by atoms with E-state index < -0.39 is 11.6 Å². The molecule has 2 N–H and O–H groups in total. The Kier molecular flexibility index (Phi) is 10.3. The maximum atomic E-state index is 17.3. The lowest BCUT2D eigenvalue weighted by Crippen LogP contribution is -2.56. The van der Waals surface area contributed by atoms with Crippen LogP contribution in [0, 0.1) is 41.2 Å². The second-order valence-corrected chi connectivity index (χ2v) is 16.5. The summed E-state index contributed by atoms with van der Waals surface area (Å²) in [6.07, 6.45) is 11.3. The van der Waals surface area contributed by atoms with Gasteiger partial charge in [-0.05, 0) is 81.6 Å². The van der Waals surface area contributed by atoms with Crippen LogP contribution in [0.1, 0.15) is 44.1 Å². The van der Waals surface area contributed by atoms with Crippen LogP contribution < -0.4 is 14.4 Å². The number of hydrogen-bond donors (Lipinski definition) is 2. The molecular formula is C42H47F2N7O6. The third-order valence-corrected chi connectivity index (χ3v) is 12.3. The van der Waals surface area contributed by atoms with Crippen molar-refractivity contribution in [2.75, 3.05) is 72.0 Å². The van der Waals surface area contributed by atoms with Gasteiger partial charge in [-0.1, -0.05) is 12.0 Å². The molecule has 57 heavy (non-hydrogen) atoms. The number of ether oxygens (including phenoxy) is 2. The van der Waals surface area contributed by atoms with Crippen LogP contribution in [0.2, 0.25) is 0 Å². The van der Waals surface area contributed by atoms with E-state index in [1.165, 1.54) is 37.8 Å². The summed E-state index contributed by atoms with van der Waals surface area (Å²) in [6.45, 7) is 5.06. The molecule has 0 spiro atoms. The summed E-state index contributed by atoms with van der Waals surface area (Å²) >= 11 is 0. The number of carboxylic acid groups (broad SMARTS) is 1. The minimum Gasteiger partial charge on any atom is -0.508 e. The van der Waals surface area contributed by atoms with Crippen LogP contribution in [0.3, 0.4) is 0 Å². The predicted octanol–water partition coefficient (Wildman–Crippen LogP) is 4.76. The molecule has 1 amide bonds. The average Bonchev–Trinajstić information content (AvgIpc) is 4.07. The highest BCUT2D eigenvalue weighted by atomic mass is 19.1. The normalized spacial score (nSPS) is 22.9. The van der Waals surface area contributed by atoms with Gasteiger partial charge in [0.2, 0.25) is 11.8 Å². The molecule has 4 unspecified atom stereocenters. The van der Waals surface area contributed by atoms with Crippen LogP contribution in [0.15, 0.2) is 24.3 Å². The van der Waals surface area contributed by atoms with E-state index in [1.54, 1.807) is 0 Å². The van der Waals surface area contributed by atoms with Crippen LogP contribution in [0.4, 0.5) is 14.6 Å². The zero-order valence-corrected chi connectivity index (χ0v) is 32.4. The van der Waals surface area contributed by atoms with E-state index >= 15 is 8.78 Å². The van der Waals surface area contributed by atoms with Crippen molar-refractivity contribution in [3.63, 3.8) is 0 Å². The fraction of sp³-hybridized carbons (Fsp3) is 0.500. The molecule has 2 aromatic heterocycles. The van der Waals surface area contributed by atoms with Crippen LogP contribution in [0.25, 0.3) is 32.9 Å². The lowest BCUT2D eigenvalue weighted by Gasteiger charge is -2.42. The molecule has 3 aliphatic heterocycles. The zero-order valence-electron chi connectivity index (χ0n) is 32.4. The Morgan fingerprint density at radius 3 is 2.40 bits per heavy atom. The third kappa shape index (κ3) is 7.36. The van der Waals surface area contributed by atoms with Crippen molar-refractivity contribution >= 4 is 39.9 Å². The molecule has 2 aliphatic carbocycles. The number of terminal acetylenes is 1. The van der Waals surface area contributed by atoms with E-state index in [1.807, 2.05) is 23.9 Å². The Balaban J connectivity index is 0.00000147. The van der Waals surface area contributed by atoms with Crippen molar-refractivity contribution < 1.29 is 38.1 Å². The SMILES string of the molecule is C#Cc1c(F)ccc2cc(O)cc(-c3nc(OC)c4c(N5CC6CCC(C5)N6C(=O)CCN(C)C)nc(OCC5(CN6CC7CC7C6)CC5)nc4c3F)c12.O=CO. The first-order chi connectivity index (χ1) is 27.5. The van der Waals surface area contributed by atoms with Crippen LogP contribution >= 0.6 is 0 Å². The predicted molar refractivity (Wildman–Crippen MR) is 209 cm³/mol. The highest BCUT2D eigenvalue weighted by Gasteiger charge is 2.51. The quantitative estimate of drug-likeness (QED) is 0.160.